The van der Waals surface area contributed by atoms with E-state index in [-0.39, 0.29) is 0 Å². The molecule has 0 aromatic heterocycles. The number of methoxy groups -OCH3 is 1. The first-order valence-corrected chi connectivity index (χ1v) is 5.56. The Hall–Kier alpha value is -0.810. The average molecular weight is 214 g/mol. The van der Waals surface area contributed by atoms with Crippen LogP contribution in [0.2, 0.25) is 0 Å². The van der Waals surface area contributed by atoms with Gasteiger partial charge < -0.3 is 9.64 Å². The zero-order valence-corrected chi connectivity index (χ0v) is 9.70. The zero-order chi connectivity index (χ0) is 11.1. The minimum Gasteiger partial charge on any atom is -0.384 e. The molecule has 1 heterocycles. The first-order chi connectivity index (χ1) is 7.31. The molecule has 0 saturated carbocycles. The Morgan fingerprint density at radius 1 is 1.67 bits per heavy atom. The van der Waals surface area contributed by atoms with E-state index in [0.717, 1.165) is 45.0 Å². The van der Waals surface area contributed by atoms with Crippen molar-refractivity contribution in [3.8, 4) is 0 Å². The third-order valence-electron chi connectivity index (χ3n) is 2.60. The molecule has 1 aliphatic rings. The SMILES string of the molecule is CCCN=C(NN)N1CCC(COC)C1. The second-order valence-electron chi connectivity index (χ2n) is 3.91. The highest BCUT2D eigenvalue weighted by Crippen LogP contribution is 2.16. The zero-order valence-electron chi connectivity index (χ0n) is 9.70. The number of rotatable bonds is 4. The predicted molar refractivity (Wildman–Crippen MR) is 61.5 cm³/mol. The number of hydrogen-bond acceptors (Lipinski definition) is 3. The van der Waals surface area contributed by atoms with Gasteiger partial charge in [-0.05, 0) is 12.8 Å². The van der Waals surface area contributed by atoms with Crippen LogP contribution < -0.4 is 11.3 Å². The third kappa shape index (κ3) is 3.68. The van der Waals surface area contributed by atoms with Crippen molar-refractivity contribution in [2.45, 2.75) is 19.8 Å². The van der Waals surface area contributed by atoms with Gasteiger partial charge in [0.05, 0.1) is 6.61 Å². The lowest BCUT2D eigenvalue weighted by molar-refractivity contribution is 0.157. The summed E-state index contributed by atoms with van der Waals surface area (Å²) >= 11 is 0. The standard InChI is InChI=1S/C10H22N4O/c1-3-5-12-10(13-11)14-6-4-9(7-14)8-15-2/h9H,3-8,11H2,1-2H3,(H,12,13). The highest BCUT2D eigenvalue weighted by molar-refractivity contribution is 5.79. The maximum Gasteiger partial charge on any atom is 0.208 e. The summed E-state index contributed by atoms with van der Waals surface area (Å²) in [5.41, 5.74) is 2.68. The smallest absolute Gasteiger partial charge is 0.208 e. The van der Waals surface area contributed by atoms with Gasteiger partial charge in [-0.15, -0.1) is 0 Å². The van der Waals surface area contributed by atoms with Gasteiger partial charge in [0.25, 0.3) is 0 Å². The topological polar surface area (TPSA) is 62.9 Å². The summed E-state index contributed by atoms with van der Waals surface area (Å²) < 4.78 is 5.15. The van der Waals surface area contributed by atoms with Crippen molar-refractivity contribution in [1.82, 2.24) is 10.3 Å². The predicted octanol–water partition coefficient (Wildman–Crippen LogP) is 0.184. The van der Waals surface area contributed by atoms with E-state index in [2.05, 4.69) is 22.2 Å². The first kappa shape index (κ1) is 12.3. The molecule has 1 atom stereocenters. The van der Waals surface area contributed by atoms with E-state index >= 15 is 0 Å². The quantitative estimate of drug-likeness (QED) is 0.303. The molecule has 0 amide bonds. The second kappa shape index (κ2) is 6.63. The number of aliphatic imine (C=N–C) groups is 1. The summed E-state index contributed by atoms with van der Waals surface area (Å²) in [5.74, 6) is 6.88. The van der Waals surface area contributed by atoms with Gasteiger partial charge in [0.15, 0.2) is 0 Å². The van der Waals surface area contributed by atoms with Gasteiger partial charge in [-0.1, -0.05) is 6.92 Å². The molecule has 0 aliphatic carbocycles. The fraction of sp³-hybridized carbons (Fsp3) is 0.900. The second-order valence-corrected chi connectivity index (χ2v) is 3.91. The minimum absolute atomic E-state index is 0.607. The molecule has 0 spiro atoms. The molecule has 0 aromatic rings. The van der Waals surface area contributed by atoms with E-state index in [4.69, 9.17) is 10.6 Å². The summed E-state index contributed by atoms with van der Waals surface area (Å²) in [7, 11) is 1.75. The molecule has 88 valence electrons. The Morgan fingerprint density at radius 2 is 2.47 bits per heavy atom. The van der Waals surface area contributed by atoms with Gasteiger partial charge in [0.2, 0.25) is 5.96 Å². The van der Waals surface area contributed by atoms with Gasteiger partial charge in [-0.3, -0.25) is 10.4 Å². The molecule has 5 nitrogen and oxygen atoms in total. The van der Waals surface area contributed by atoms with Crippen LogP contribution in [0.3, 0.4) is 0 Å². The Bertz CT molecular complexity index is 208. The summed E-state index contributed by atoms with van der Waals surface area (Å²) in [6.07, 6.45) is 2.20. The van der Waals surface area contributed by atoms with Crippen LogP contribution in [0.4, 0.5) is 0 Å². The van der Waals surface area contributed by atoms with Crippen LogP contribution in [0, 0.1) is 5.92 Å². The van der Waals surface area contributed by atoms with Gasteiger partial charge in [0, 0.05) is 32.7 Å². The first-order valence-electron chi connectivity index (χ1n) is 5.56. The summed E-state index contributed by atoms with van der Waals surface area (Å²) in [5, 5.41) is 0. The normalized spacial score (nSPS) is 22.2. The molecule has 1 unspecified atom stereocenters. The van der Waals surface area contributed by atoms with E-state index in [1.54, 1.807) is 7.11 Å². The van der Waals surface area contributed by atoms with E-state index in [1.807, 2.05) is 0 Å². The van der Waals surface area contributed by atoms with Crippen LogP contribution in [0.5, 0.6) is 0 Å². The van der Waals surface area contributed by atoms with Crippen LogP contribution >= 0.6 is 0 Å². The van der Waals surface area contributed by atoms with Gasteiger partial charge in [0.1, 0.15) is 0 Å². The number of likely N-dealkylation sites (tertiary alicyclic amines) is 1. The average Bonchev–Trinajstić information content (AvgIpc) is 2.68. The Morgan fingerprint density at radius 3 is 3.07 bits per heavy atom. The minimum atomic E-state index is 0.607. The largest absolute Gasteiger partial charge is 0.384 e. The Balaban J connectivity index is 2.42. The van der Waals surface area contributed by atoms with Gasteiger partial charge in [-0.25, -0.2) is 5.84 Å². The van der Waals surface area contributed by atoms with Gasteiger partial charge >= 0.3 is 0 Å². The Labute approximate surface area is 91.6 Å². The lowest BCUT2D eigenvalue weighted by Crippen LogP contribution is -2.44. The summed E-state index contributed by atoms with van der Waals surface area (Å²) in [6, 6.07) is 0. The van der Waals surface area contributed by atoms with E-state index in [9.17, 15) is 0 Å². The van der Waals surface area contributed by atoms with Gasteiger partial charge in [-0.2, -0.15) is 0 Å². The van der Waals surface area contributed by atoms with Crippen LogP contribution in [0.1, 0.15) is 19.8 Å². The third-order valence-corrected chi connectivity index (χ3v) is 2.60. The van der Waals surface area contributed by atoms with Crippen LogP contribution in [0.25, 0.3) is 0 Å². The molecule has 5 heteroatoms. The molecule has 0 bridgehead atoms. The van der Waals surface area contributed by atoms with Crippen molar-refractivity contribution >= 4 is 5.96 Å². The van der Waals surface area contributed by atoms with Crippen LogP contribution in [-0.4, -0.2) is 44.2 Å². The maximum absolute atomic E-state index is 5.46. The van der Waals surface area contributed by atoms with Crippen molar-refractivity contribution in [3.63, 3.8) is 0 Å². The van der Waals surface area contributed by atoms with Crippen molar-refractivity contribution in [2.24, 2.45) is 16.8 Å². The van der Waals surface area contributed by atoms with Crippen LogP contribution in [-0.2, 0) is 4.74 Å². The fourth-order valence-corrected chi connectivity index (χ4v) is 1.85. The number of guanidine groups is 1. The number of nitrogens with zero attached hydrogens (tertiary/aromatic N) is 2. The highest BCUT2D eigenvalue weighted by atomic mass is 16.5. The fourth-order valence-electron chi connectivity index (χ4n) is 1.85. The molecule has 0 aromatic carbocycles. The molecule has 1 aliphatic heterocycles. The summed E-state index contributed by atoms with van der Waals surface area (Å²) in [6.45, 7) is 5.75. The molecule has 1 fully saturated rings. The van der Waals surface area contributed by atoms with Crippen molar-refractivity contribution in [2.75, 3.05) is 33.4 Å². The van der Waals surface area contributed by atoms with Crippen molar-refractivity contribution in [3.05, 3.63) is 0 Å². The lowest BCUT2D eigenvalue weighted by Gasteiger charge is -2.19. The Kier molecular flexibility index (Phi) is 5.42. The molecule has 1 saturated heterocycles. The number of ether oxygens (including phenoxy) is 1. The molecular weight excluding hydrogens is 192 g/mol. The monoisotopic (exact) mass is 214 g/mol. The number of hydrogen-bond donors (Lipinski definition) is 2. The van der Waals surface area contributed by atoms with E-state index < -0.39 is 0 Å². The van der Waals surface area contributed by atoms with Crippen molar-refractivity contribution in [1.29, 1.82) is 0 Å². The molecule has 0 radical (unpaired) electrons. The molecule has 3 N–H and O–H groups in total. The number of nitrogens with one attached hydrogen (secondary N) is 1. The molecular formula is C10H22N4O. The van der Waals surface area contributed by atoms with Crippen molar-refractivity contribution < 1.29 is 4.74 Å². The molecule has 15 heavy (non-hydrogen) atoms. The van der Waals surface area contributed by atoms with Crippen LogP contribution in [0.15, 0.2) is 4.99 Å². The summed E-state index contributed by atoms with van der Waals surface area (Å²) in [4.78, 5) is 6.60. The number of nitrogens with two attached hydrogens (primary N) is 1. The van der Waals surface area contributed by atoms with E-state index in [1.165, 1.54) is 0 Å². The molecule has 1 rings (SSSR count). The lowest BCUT2D eigenvalue weighted by atomic mass is 10.1. The number of hydrazine groups is 1. The maximum atomic E-state index is 5.46. The highest BCUT2D eigenvalue weighted by Gasteiger charge is 2.24. The van der Waals surface area contributed by atoms with E-state index in [0.29, 0.717) is 5.92 Å².